The maximum atomic E-state index is 13.5. The fraction of sp³-hybridized carbons (Fsp3) is 0.375. The summed E-state index contributed by atoms with van der Waals surface area (Å²) in [6.07, 6.45) is 10.4. The molecule has 5 nitrogen and oxygen atoms in total. The summed E-state index contributed by atoms with van der Waals surface area (Å²) in [6.45, 7) is 2.35. The Morgan fingerprint density at radius 2 is 1.80 bits per heavy atom. The van der Waals surface area contributed by atoms with Crippen molar-refractivity contribution in [3.63, 3.8) is 0 Å². The van der Waals surface area contributed by atoms with Gasteiger partial charge in [0.1, 0.15) is 11.6 Å². The van der Waals surface area contributed by atoms with Crippen molar-refractivity contribution in [2.75, 3.05) is 18.4 Å². The van der Waals surface area contributed by atoms with Crippen LogP contribution in [0.3, 0.4) is 0 Å². The highest BCUT2D eigenvalue weighted by molar-refractivity contribution is 5.95. The van der Waals surface area contributed by atoms with Gasteiger partial charge in [-0.15, -0.1) is 0 Å². The number of nitrogens with zero attached hydrogens (tertiary/aromatic N) is 3. The molecule has 30 heavy (non-hydrogen) atoms. The Labute approximate surface area is 175 Å². The first kappa shape index (κ1) is 19.1. The molecule has 1 aliphatic heterocycles. The Hall–Kier alpha value is -2.86. The maximum absolute atomic E-state index is 13.5. The minimum absolute atomic E-state index is 0.0561. The van der Waals surface area contributed by atoms with Crippen molar-refractivity contribution in [3.8, 4) is 11.1 Å². The molecular formula is C24H25FN4O. The molecule has 1 N–H and O–H groups in total. The van der Waals surface area contributed by atoms with Crippen LogP contribution < -0.4 is 5.32 Å². The molecule has 3 heterocycles. The second-order valence-corrected chi connectivity index (χ2v) is 8.43. The monoisotopic (exact) mass is 404 g/mol. The molecule has 0 spiro atoms. The third kappa shape index (κ3) is 3.92. The Morgan fingerprint density at radius 3 is 2.60 bits per heavy atom. The number of carbonyl (C=O) groups excluding carboxylic acids is 1. The lowest BCUT2D eigenvalue weighted by Gasteiger charge is -2.43. The van der Waals surface area contributed by atoms with Crippen molar-refractivity contribution in [1.29, 1.82) is 0 Å². The Balaban J connectivity index is 1.27. The van der Waals surface area contributed by atoms with E-state index in [1.54, 1.807) is 12.4 Å². The molecule has 0 unspecified atom stereocenters. The normalized spacial score (nSPS) is 21.9. The summed E-state index contributed by atoms with van der Waals surface area (Å²) in [5.74, 6) is 0.321. The van der Waals surface area contributed by atoms with E-state index >= 15 is 0 Å². The van der Waals surface area contributed by atoms with Gasteiger partial charge in [0.05, 0.1) is 6.20 Å². The summed E-state index contributed by atoms with van der Waals surface area (Å²) in [5.41, 5.74) is 1.60. The van der Waals surface area contributed by atoms with E-state index in [-0.39, 0.29) is 17.6 Å². The number of anilines is 1. The molecule has 1 amide bonds. The number of likely N-dealkylation sites (tertiary alicyclic amines) is 1. The maximum Gasteiger partial charge on any atom is 0.228 e. The quantitative estimate of drug-likeness (QED) is 0.688. The number of carbonyl (C=O) groups is 1. The third-order valence-electron chi connectivity index (χ3n) is 6.40. The largest absolute Gasteiger partial charge is 0.310 e. The van der Waals surface area contributed by atoms with Crippen molar-refractivity contribution in [2.24, 2.45) is 5.92 Å². The van der Waals surface area contributed by atoms with Crippen LogP contribution in [0, 0.1) is 11.7 Å². The zero-order chi connectivity index (χ0) is 20.5. The van der Waals surface area contributed by atoms with E-state index in [1.165, 1.54) is 44.6 Å². The van der Waals surface area contributed by atoms with E-state index in [4.69, 9.17) is 0 Å². The zero-order valence-electron chi connectivity index (χ0n) is 16.9. The first-order valence-corrected chi connectivity index (χ1v) is 10.7. The van der Waals surface area contributed by atoms with Crippen molar-refractivity contribution in [3.05, 3.63) is 54.7 Å². The van der Waals surface area contributed by atoms with Gasteiger partial charge in [-0.3, -0.25) is 9.78 Å². The number of pyridine rings is 2. The lowest BCUT2D eigenvalue weighted by atomic mass is 9.78. The fourth-order valence-electron chi connectivity index (χ4n) is 4.57. The highest BCUT2D eigenvalue weighted by Gasteiger charge is 2.38. The number of piperidine rings is 1. The molecule has 1 aliphatic carbocycles. The zero-order valence-corrected chi connectivity index (χ0v) is 16.9. The molecule has 1 saturated heterocycles. The predicted molar refractivity (Wildman–Crippen MR) is 115 cm³/mol. The number of aromatic nitrogens is 2. The lowest BCUT2D eigenvalue weighted by molar-refractivity contribution is -0.124. The molecule has 2 aliphatic rings. The number of amides is 1. The summed E-state index contributed by atoms with van der Waals surface area (Å²) in [6, 6.07) is 9.75. The number of hydrogen-bond donors (Lipinski definition) is 1. The van der Waals surface area contributed by atoms with Crippen LogP contribution >= 0.6 is 0 Å². The number of rotatable bonds is 4. The van der Waals surface area contributed by atoms with Crippen LogP contribution in [0.4, 0.5) is 10.2 Å². The summed E-state index contributed by atoms with van der Waals surface area (Å²) in [5, 5.41) is 4.90. The average Bonchev–Trinajstić information content (AvgIpc) is 2.73. The number of nitrogens with one attached hydrogen (secondary N) is 1. The van der Waals surface area contributed by atoms with Crippen LogP contribution in [-0.4, -0.2) is 39.9 Å². The molecule has 154 valence electrons. The van der Waals surface area contributed by atoms with Crippen molar-refractivity contribution in [1.82, 2.24) is 14.9 Å². The van der Waals surface area contributed by atoms with Crippen molar-refractivity contribution in [2.45, 2.75) is 38.1 Å². The Bertz CT molecular complexity index is 1070. The summed E-state index contributed by atoms with van der Waals surface area (Å²) >= 11 is 0. The molecular weight excluding hydrogens is 379 g/mol. The van der Waals surface area contributed by atoms with E-state index in [0.29, 0.717) is 11.9 Å². The second kappa shape index (κ2) is 8.11. The van der Waals surface area contributed by atoms with Crippen molar-refractivity contribution >= 4 is 22.5 Å². The minimum Gasteiger partial charge on any atom is -0.310 e. The number of fused-ring (bicyclic) bond motifs is 1. The van der Waals surface area contributed by atoms with Gasteiger partial charge in [-0.1, -0.05) is 18.6 Å². The van der Waals surface area contributed by atoms with Crippen LogP contribution in [0.25, 0.3) is 21.9 Å². The molecule has 6 heteroatoms. The molecule has 3 aromatic rings. The highest BCUT2D eigenvalue weighted by atomic mass is 19.1. The molecule has 5 rings (SSSR count). The Morgan fingerprint density at radius 1 is 0.967 bits per heavy atom. The second-order valence-electron chi connectivity index (χ2n) is 8.43. The number of halogens is 1. The van der Waals surface area contributed by atoms with Crippen LogP contribution in [0.1, 0.15) is 32.1 Å². The van der Waals surface area contributed by atoms with Gasteiger partial charge < -0.3 is 10.2 Å². The van der Waals surface area contributed by atoms with Crippen molar-refractivity contribution < 1.29 is 9.18 Å². The predicted octanol–water partition coefficient (Wildman–Crippen LogP) is 4.64. The number of benzene rings is 1. The summed E-state index contributed by atoms with van der Waals surface area (Å²) in [7, 11) is 0. The molecule has 1 saturated carbocycles. The summed E-state index contributed by atoms with van der Waals surface area (Å²) in [4.78, 5) is 23.5. The van der Waals surface area contributed by atoms with Gasteiger partial charge in [0.2, 0.25) is 5.91 Å². The van der Waals surface area contributed by atoms with Crippen LogP contribution in [-0.2, 0) is 4.79 Å². The molecule has 2 fully saturated rings. The van der Waals surface area contributed by atoms with Crippen LogP contribution in [0.2, 0.25) is 0 Å². The first-order valence-electron chi connectivity index (χ1n) is 10.7. The van der Waals surface area contributed by atoms with Gasteiger partial charge in [0.15, 0.2) is 0 Å². The average molecular weight is 404 g/mol. The van der Waals surface area contributed by atoms with Gasteiger partial charge in [0.25, 0.3) is 0 Å². The highest BCUT2D eigenvalue weighted by Crippen LogP contribution is 2.34. The van der Waals surface area contributed by atoms with E-state index in [2.05, 4.69) is 20.2 Å². The van der Waals surface area contributed by atoms with E-state index in [9.17, 15) is 9.18 Å². The smallest absolute Gasteiger partial charge is 0.228 e. The van der Waals surface area contributed by atoms with Gasteiger partial charge >= 0.3 is 0 Å². The van der Waals surface area contributed by atoms with Gasteiger partial charge in [-0.2, -0.15) is 0 Å². The van der Waals surface area contributed by atoms with Gasteiger partial charge in [-0.05, 0) is 67.9 Å². The molecule has 0 radical (unpaired) electrons. The van der Waals surface area contributed by atoms with Gasteiger partial charge in [-0.25, -0.2) is 9.37 Å². The van der Waals surface area contributed by atoms with Crippen LogP contribution in [0.15, 0.2) is 48.9 Å². The molecule has 2 aromatic heterocycles. The third-order valence-corrected chi connectivity index (χ3v) is 6.40. The molecule has 0 atom stereocenters. The molecule has 0 bridgehead atoms. The van der Waals surface area contributed by atoms with E-state index in [1.807, 2.05) is 24.3 Å². The van der Waals surface area contributed by atoms with E-state index < -0.39 is 0 Å². The minimum atomic E-state index is -0.362. The summed E-state index contributed by atoms with van der Waals surface area (Å²) < 4.78 is 13.5. The first-order chi connectivity index (χ1) is 14.7. The van der Waals surface area contributed by atoms with Gasteiger partial charge in [0, 0.05) is 35.3 Å². The lowest BCUT2D eigenvalue weighted by Crippen LogP contribution is -2.49. The molecule has 1 aromatic carbocycles. The SMILES string of the molecule is O=C(Nc1cc2cc(-c3cncc(F)c3)ccc2cn1)C1CC(N2CCCCC2)C1. The topological polar surface area (TPSA) is 58.1 Å². The standard InChI is InChI=1S/C24H25FN4O/c25-21-9-20(13-26-15-21)16-4-5-17-14-27-23(12-18(17)8-16)28-24(30)19-10-22(11-19)29-6-2-1-3-7-29/h4-5,8-9,12-15,19,22H,1-3,6-7,10-11H2,(H,27,28,30). The fourth-order valence-corrected chi connectivity index (χ4v) is 4.57. The van der Waals surface area contributed by atoms with E-state index in [0.717, 1.165) is 34.7 Å². The number of hydrogen-bond acceptors (Lipinski definition) is 4. The van der Waals surface area contributed by atoms with Crippen LogP contribution in [0.5, 0.6) is 0 Å². The Kier molecular flexibility index (Phi) is 5.17.